The molecule has 2 aliphatic heterocycles. The van der Waals surface area contributed by atoms with Crippen LogP contribution in [0.1, 0.15) is 30.1 Å². The van der Waals surface area contributed by atoms with E-state index in [-0.39, 0.29) is 29.6 Å². The van der Waals surface area contributed by atoms with E-state index in [1.807, 2.05) is 6.92 Å². The maximum Gasteiger partial charge on any atom is 0.254 e. The summed E-state index contributed by atoms with van der Waals surface area (Å²) in [7, 11) is 0. The second-order valence-corrected chi connectivity index (χ2v) is 7.17. The van der Waals surface area contributed by atoms with Crippen molar-refractivity contribution in [3.63, 3.8) is 0 Å². The van der Waals surface area contributed by atoms with Crippen molar-refractivity contribution in [1.29, 1.82) is 0 Å². The summed E-state index contributed by atoms with van der Waals surface area (Å²) >= 11 is 0. The van der Waals surface area contributed by atoms with E-state index in [0.717, 1.165) is 0 Å². The molecule has 3 amide bonds. The Labute approximate surface area is 152 Å². The molecule has 0 aromatic heterocycles. The number of anilines is 1. The van der Waals surface area contributed by atoms with Gasteiger partial charge >= 0.3 is 0 Å². The number of ether oxygens (including phenoxy) is 1. The monoisotopic (exact) mass is 354 g/mol. The van der Waals surface area contributed by atoms with E-state index >= 15 is 0 Å². The Bertz CT molecular complexity index is 778. The van der Waals surface area contributed by atoms with E-state index in [4.69, 9.17) is 4.74 Å². The average molecular weight is 354 g/mol. The van der Waals surface area contributed by atoms with Crippen LogP contribution in [0, 0.1) is 11.8 Å². The molecule has 2 saturated heterocycles. The van der Waals surface area contributed by atoms with E-state index in [2.05, 4.69) is 6.08 Å². The Morgan fingerprint density at radius 2 is 1.69 bits per heavy atom. The molecular weight excluding hydrogens is 332 g/mol. The summed E-state index contributed by atoms with van der Waals surface area (Å²) in [6, 6.07) is 6.78. The second-order valence-electron chi connectivity index (χ2n) is 7.17. The number of benzene rings is 1. The van der Waals surface area contributed by atoms with Gasteiger partial charge in [-0.1, -0.05) is 11.6 Å². The summed E-state index contributed by atoms with van der Waals surface area (Å²) in [5.41, 5.74) is 2.27. The first-order chi connectivity index (χ1) is 12.6. The van der Waals surface area contributed by atoms with Gasteiger partial charge in [0.2, 0.25) is 11.8 Å². The molecule has 1 aliphatic carbocycles. The number of hydrogen-bond acceptors (Lipinski definition) is 4. The van der Waals surface area contributed by atoms with Crippen LogP contribution in [-0.2, 0) is 14.3 Å². The quantitative estimate of drug-likeness (QED) is 0.602. The van der Waals surface area contributed by atoms with Crippen molar-refractivity contribution in [2.24, 2.45) is 11.8 Å². The van der Waals surface area contributed by atoms with E-state index in [9.17, 15) is 14.4 Å². The third-order valence-electron chi connectivity index (χ3n) is 5.49. The Balaban J connectivity index is 1.53. The third-order valence-corrected chi connectivity index (χ3v) is 5.49. The topological polar surface area (TPSA) is 66.9 Å². The van der Waals surface area contributed by atoms with Crippen LogP contribution in [-0.4, -0.2) is 48.9 Å². The van der Waals surface area contributed by atoms with Gasteiger partial charge in [-0.3, -0.25) is 19.3 Å². The van der Waals surface area contributed by atoms with Crippen molar-refractivity contribution in [3.8, 4) is 0 Å². The Hall–Kier alpha value is -2.47. The number of fused-ring (bicyclic) bond motifs is 1. The number of hydrogen-bond donors (Lipinski definition) is 0. The minimum atomic E-state index is -0.249. The minimum absolute atomic E-state index is 0.0487. The predicted octanol–water partition coefficient (Wildman–Crippen LogP) is 2.00. The van der Waals surface area contributed by atoms with Crippen molar-refractivity contribution in [2.75, 3.05) is 31.2 Å². The lowest BCUT2D eigenvalue weighted by atomic mass is 9.82. The molecular formula is C20H22N2O4. The second kappa shape index (κ2) is 6.68. The van der Waals surface area contributed by atoms with Crippen LogP contribution in [0.5, 0.6) is 0 Å². The molecule has 136 valence electrons. The fourth-order valence-electron chi connectivity index (χ4n) is 3.99. The molecule has 2 heterocycles. The first-order valence-electron chi connectivity index (χ1n) is 9.07. The van der Waals surface area contributed by atoms with Gasteiger partial charge < -0.3 is 9.64 Å². The molecule has 1 aromatic rings. The number of morpholine rings is 1. The molecule has 0 bridgehead atoms. The number of carbonyl (C=O) groups is 3. The highest BCUT2D eigenvalue weighted by atomic mass is 16.5. The summed E-state index contributed by atoms with van der Waals surface area (Å²) in [6.45, 7) is 4.27. The molecule has 2 fully saturated rings. The number of carbonyl (C=O) groups excluding carboxylic acids is 3. The first-order valence-corrected chi connectivity index (χ1v) is 9.07. The van der Waals surface area contributed by atoms with Crippen molar-refractivity contribution in [2.45, 2.75) is 19.8 Å². The van der Waals surface area contributed by atoms with Crippen LogP contribution in [0.4, 0.5) is 5.69 Å². The normalized spacial score (nSPS) is 26.0. The summed E-state index contributed by atoms with van der Waals surface area (Å²) in [6.07, 6.45) is 3.34. The molecule has 26 heavy (non-hydrogen) atoms. The molecule has 4 rings (SSSR count). The van der Waals surface area contributed by atoms with Crippen LogP contribution in [0.15, 0.2) is 35.9 Å². The number of imide groups is 1. The molecule has 1 aromatic carbocycles. The van der Waals surface area contributed by atoms with Crippen LogP contribution in [0.2, 0.25) is 0 Å². The summed E-state index contributed by atoms with van der Waals surface area (Å²) < 4.78 is 5.27. The average Bonchev–Trinajstić information content (AvgIpc) is 2.92. The Kier molecular flexibility index (Phi) is 4.36. The van der Waals surface area contributed by atoms with E-state index in [1.165, 1.54) is 10.5 Å². The lowest BCUT2D eigenvalue weighted by Gasteiger charge is -2.27. The highest BCUT2D eigenvalue weighted by Crippen LogP contribution is 2.39. The lowest BCUT2D eigenvalue weighted by Crippen LogP contribution is -2.40. The summed E-state index contributed by atoms with van der Waals surface area (Å²) in [5.74, 6) is -0.800. The smallest absolute Gasteiger partial charge is 0.254 e. The molecule has 3 aliphatic rings. The van der Waals surface area contributed by atoms with Gasteiger partial charge in [0.1, 0.15) is 0 Å². The van der Waals surface area contributed by atoms with Crippen LogP contribution in [0.3, 0.4) is 0 Å². The zero-order valence-corrected chi connectivity index (χ0v) is 14.8. The van der Waals surface area contributed by atoms with Gasteiger partial charge in [0.15, 0.2) is 0 Å². The zero-order valence-electron chi connectivity index (χ0n) is 14.8. The van der Waals surface area contributed by atoms with Crippen LogP contribution < -0.4 is 4.90 Å². The molecule has 6 nitrogen and oxygen atoms in total. The van der Waals surface area contributed by atoms with Gasteiger partial charge in [0.05, 0.1) is 30.7 Å². The largest absolute Gasteiger partial charge is 0.378 e. The minimum Gasteiger partial charge on any atom is -0.378 e. The van der Waals surface area contributed by atoms with Crippen molar-refractivity contribution in [3.05, 3.63) is 41.5 Å². The summed E-state index contributed by atoms with van der Waals surface area (Å²) in [5, 5.41) is 0. The van der Waals surface area contributed by atoms with Crippen molar-refractivity contribution < 1.29 is 19.1 Å². The maximum absolute atomic E-state index is 12.8. The molecule has 0 radical (unpaired) electrons. The Morgan fingerprint density at radius 3 is 2.38 bits per heavy atom. The van der Waals surface area contributed by atoms with E-state index in [0.29, 0.717) is 50.4 Å². The number of amides is 3. The molecule has 0 unspecified atom stereocenters. The number of rotatable bonds is 2. The first kappa shape index (κ1) is 17.0. The van der Waals surface area contributed by atoms with Gasteiger partial charge in [0.25, 0.3) is 5.91 Å². The predicted molar refractivity (Wildman–Crippen MR) is 95.6 cm³/mol. The molecule has 6 heteroatoms. The molecule has 0 N–H and O–H groups in total. The fraction of sp³-hybridized carbons (Fsp3) is 0.450. The summed E-state index contributed by atoms with van der Waals surface area (Å²) in [4.78, 5) is 41.0. The Morgan fingerprint density at radius 1 is 1.04 bits per heavy atom. The van der Waals surface area contributed by atoms with E-state index < -0.39 is 0 Å². The molecule has 0 spiro atoms. The maximum atomic E-state index is 12.8. The molecule has 2 atom stereocenters. The van der Waals surface area contributed by atoms with Gasteiger partial charge in [-0.15, -0.1) is 0 Å². The van der Waals surface area contributed by atoms with Crippen LogP contribution >= 0.6 is 0 Å². The van der Waals surface area contributed by atoms with Crippen molar-refractivity contribution >= 4 is 23.4 Å². The lowest BCUT2D eigenvalue weighted by molar-refractivity contribution is -0.122. The van der Waals surface area contributed by atoms with Crippen LogP contribution in [0.25, 0.3) is 0 Å². The highest BCUT2D eigenvalue weighted by molar-refractivity contribution is 6.22. The van der Waals surface area contributed by atoms with Gasteiger partial charge in [-0.05, 0) is 44.0 Å². The highest BCUT2D eigenvalue weighted by Gasteiger charge is 2.48. The van der Waals surface area contributed by atoms with Gasteiger partial charge in [-0.2, -0.15) is 0 Å². The number of allylic oxidation sites excluding steroid dienone is 2. The van der Waals surface area contributed by atoms with Gasteiger partial charge in [0, 0.05) is 18.7 Å². The number of nitrogens with zero attached hydrogens (tertiary/aromatic N) is 2. The third kappa shape index (κ3) is 2.84. The van der Waals surface area contributed by atoms with Gasteiger partial charge in [-0.25, -0.2) is 0 Å². The zero-order chi connectivity index (χ0) is 18.3. The SMILES string of the molecule is CC1=CC[C@@H]2C(=O)N(c3ccc(C(=O)N4CCOCC4)cc3)C(=O)[C@H]2C1. The molecule has 0 saturated carbocycles. The standard InChI is InChI=1S/C20H22N2O4/c1-13-2-7-16-17(12-13)20(25)22(19(16)24)15-5-3-14(4-6-15)18(23)21-8-10-26-11-9-21/h2-6,16-17H,7-12H2,1H3/t16-,17-/m0/s1. The van der Waals surface area contributed by atoms with Crippen molar-refractivity contribution in [1.82, 2.24) is 4.90 Å². The fourth-order valence-corrected chi connectivity index (χ4v) is 3.99. The van der Waals surface area contributed by atoms with E-state index in [1.54, 1.807) is 29.2 Å².